The minimum absolute atomic E-state index is 0.137. The summed E-state index contributed by atoms with van der Waals surface area (Å²) in [6.07, 6.45) is 1.04. The van der Waals surface area contributed by atoms with Crippen molar-refractivity contribution >= 4 is 59.9 Å². The Hall–Kier alpha value is -2.23. The molecule has 0 spiro atoms. The first-order valence-corrected chi connectivity index (χ1v) is 9.95. The number of benzene rings is 2. The second kappa shape index (κ2) is 6.58. The Morgan fingerprint density at radius 3 is 2.68 bits per heavy atom. The highest BCUT2D eigenvalue weighted by atomic mass is 35.5. The van der Waals surface area contributed by atoms with E-state index in [4.69, 9.17) is 11.6 Å². The van der Waals surface area contributed by atoms with Crippen LogP contribution in [0.15, 0.2) is 36.4 Å². The smallest absolute Gasteiger partial charge is 0.255 e. The molecule has 0 aliphatic carbocycles. The maximum absolute atomic E-state index is 13.2. The summed E-state index contributed by atoms with van der Waals surface area (Å²) in [4.78, 5) is 16.4. The normalized spacial score (nSPS) is 11.5. The van der Waals surface area contributed by atoms with Crippen molar-refractivity contribution in [1.82, 2.24) is 4.98 Å². The molecule has 130 valence electrons. The van der Waals surface area contributed by atoms with Gasteiger partial charge in [-0.05, 0) is 36.4 Å². The van der Waals surface area contributed by atoms with Crippen molar-refractivity contribution in [2.75, 3.05) is 16.3 Å². The summed E-state index contributed by atoms with van der Waals surface area (Å²) in [5.74, 6) is -1.05. The molecular formula is C15H11ClFN3O3S2. The number of hydrogen-bond acceptors (Lipinski definition) is 5. The molecule has 2 aromatic carbocycles. The summed E-state index contributed by atoms with van der Waals surface area (Å²) in [5.41, 5.74) is 1.31. The zero-order valence-corrected chi connectivity index (χ0v) is 15.1. The number of aromatic nitrogens is 1. The predicted molar refractivity (Wildman–Crippen MR) is 97.4 cm³/mol. The third kappa shape index (κ3) is 4.25. The Bertz CT molecular complexity index is 1080. The maximum Gasteiger partial charge on any atom is 0.255 e. The Balaban J connectivity index is 1.83. The Kier molecular flexibility index (Phi) is 4.63. The molecule has 10 heteroatoms. The Morgan fingerprint density at radius 1 is 1.24 bits per heavy atom. The van der Waals surface area contributed by atoms with Gasteiger partial charge in [-0.2, -0.15) is 0 Å². The molecule has 0 saturated carbocycles. The summed E-state index contributed by atoms with van der Waals surface area (Å²) >= 11 is 6.82. The third-order valence-electron chi connectivity index (χ3n) is 3.10. The van der Waals surface area contributed by atoms with Crippen LogP contribution in [0, 0.1) is 5.82 Å². The SMILES string of the molecule is CS(=O)(=O)Nc1nc2ccc(NC(=O)c3ccc(F)c(Cl)c3)cc2s1. The first kappa shape index (κ1) is 17.6. The average Bonchev–Trinajstić information content (AvgIpc) is 2.89. The highest BCUT2D eigenvalue weighted by molar-refractivity contribution is 7.92. The molecule has 0 fully saturated rings. The summed E-state index contributed by atoms with van der Waals surface area (Å²) in [7, 11) is -3.41. The average molecular weight is 400 g/mol. The molecule has 3 rings (SSSR count). The summed E-state index contributed by atoms with van der Waals surface area (Å²) in [6.45, 7) is 0. The molecule has 0 atom stereocenters. The van der Waals surface area contributed by atoms with Crippen LogP contribution >= 0.6 is 22.9 Å². The predicted octanol–water partition coefficient (Wildman–Crippen LogP) is 3.71. The van der Waals surface area contributed by atoms with E-state index in [1.54, 1.807) is 18.2 Å². The van der Waals surface area contributed by atoms with E-state index in [9.17, 15) is 17.6 Å². The molecule has 25 heavy (non-hydrogen) atoms. The van der Waals surface area contributed by atoms with E-state index in [2.05, 4.69) is 15.0 Å². The number of sulfonamides is 1. The summed E-state index contributed by atoms with van der Waals surface area (Å²) < 4.78 is 38.7. The van der Waals surface area contributed by atoms with Gasteiger partial charge >= 0.3 is 0 Å². The molecule has 0 saturated heterocycles. The number of halogens is 2. The molecule has 0 bridgehead atoms. The maximum atomic E-state index is 13.2. The molecule has 1 amide bonds. The van der Waals surface area contributed by atoms with E-state index < -0.39 is 21.7 Å². The van der Waals surface area contributed by atoms with Crippen LogP contribution in [0.2, 0.25) is 5.02 Å². The van der Waals surface area contributed by atoms with Crippen molar-refractivity contribution in [2.24, 2.45) is 0 Å². The van der Waals surface area contributed by atoms with Crippen LogP contribution in [0.25, 0.3) is 10.2 Å². The topological polar surface area (TPSA) is 88.2 Å². The quantitative estimate of drug-likeness (QED) is 0.700. The summed E-state index contributed by atoms with van der Waals surface area (Å²) in [5, 5.41) is 2.78. The lowest BCUT2D eigenvalue weighted by Crippen LogP contribution is -2.11. The fourth-order valence-electron chi connectivity index (χ4n) is 2.05. The fraction of sp³-hybridized carbons (Fsp3) is 0.0667. The van der Waals surface area contributed by atoms with Crippen LogP contribution in [-0.4, -0.2) is 25.6 Å². The highest BCUT2D eigenvalue weighted by Gasteiger charge is 2.12. The lowest BCUT2D eigenvalue weighted by molar-refractivity contribution is 0.102. The zero-order valence-electron chi connectivity index (χ0n) is 12.7. The van der Waals surface area contributed by atoms with Crippen molar-refractivity contribution in [3.63, 3.8) is 0 Å². The number of carbonyl (C=O) groups excluding carboxylic acids is 1. The van der Waals surface area contributed by atoms with Gasteiger partial charge in [-0.15, -0.1) is 0 Å². The van der Waals surface area contributed by atoms with Gasteiger partial charge in [-0.3, -0.25) is 9.52 Å². The number of carbonyl (C=O) groups is 1. The lowest BCUT2D eigenvalue weighted by Gasteiger charge is -2.06. The van der Waals surface area contributed by atoms with Gasteiger partial charge in [-0.25, -0.2) is 17.8 Å². The van der Waals surface area contributed by atoms with E-state index in [-0.39, 0.29) is 15.7 Å². The second-order valence-corrected chi connectivity index (χ2v) is 8.35. The standard InChI is InChI=1S/C15H11ClFN3O3S2/c1-25(22,23)20-15-19-12-5-3-9(7-13(12)24-15)18-14(21)8-2-4-11(17)10(16)6-8/h2-7H,1H3,(H,18,21)(H,19,20). The van der Waals surface area contributed by atoms with Crippen LogP contribution in [0.5, 0.6) is 0 Å². The molecule has 0 aliphatic rings. The largest absolute Gasteiger partial charge is 0.322 e. The van der Waals surface area contributed by atoms with Gasteiger partial charge in [0, 0.05) is 11.3 Å². The van der Waals surface area contributed by atoms with Gasteiger partial charge in [0.15, 0.2) is 5.13 Å². The van der Waals surface area contributed by atoms with Crippen LogP contribution in [-0.2, 0) is 10.0 Å². The lowest BCUT2D eigenvalue weighted by atomic mass is 10.2. The Labute approximate surface area is 151 Å². The molecule has 1 heterocycles. The third-order valence-corrected chi connectivity index (χ3v) is 5.02. The highest BCUT2D eigenvalue weighted by Crippen LogP contribution is 2.29. The van der Waals surface area contributed by atoms with Crippen molar-refractivity contribution in [3.05, 3.63) is 52.8 Å². The molecule has 2 N–H and O–H groups in total. The van der Waals surface area contributed by atoms with Crippen molar-refractivity contribution < 1.29 is 17.6 Å². The number of thiazole rings is 1. The number of nitrogens with zero attached hydrogens (tertiary/aromatic N) is 1. The van der Waals surface area contributed by atoms with E-state index in [0.29, 0.717) is 15.9 Å². The van der Waals surface area contributed by atoms with Gasteiger partial charge in [-0.1, -0.05) is 22.9 Å². The molecule has 0 unspecified atom stereocenters. The molecule has 1 aromatic heterocycles. The van der Waals surface area contributed by atoms with Gasteiger partial charge in [0.05, 0.1) is 21.5 Å². The van der Waals surface area contributed by atoms with Crippen LogP contribution in [0.4, 0.5) is 15.2 Å². The number of nitrogens with one attached hydrogen (secondary N) is 2. The van der Waals surface area contributed by atoms with Crippen LogP contribution in [0.1, 0.15) is 10.4 Å². The zero-order chi connectivity index (χ0) is 18.2. The number of amides is 1. The van der Waals surface area contributed by atoms with Crippen molar-refractivity contribution in [1.29, 1.82) is 0 Å². The first-order chi connectivity index (χ1) is 11.7. The van der Waals surface area contributed by atoms with Gasteiger partial charge in [0.1, 0.15) is 5.82 Å². The van der Waals surface area contributed by atoms with Crippen molar-refractivity contribution in [3.8, 4) is 0 Å². The number of fused-ring (bicyclic) bond motifs is 1. The van der Waals surface area contributed by atoms with Gasteiger partial charge < -0.3 is 5.32 Å². The van der Waals surface area contributed by atoms with Gasteiger partial charge in [0.25, 0.3) is 5.91 Å². The fourth-order valence-corrected chi connectivity index (χ4v) is 3.97. The van der Waals surface area contributed by atoms with Crippen LogP contribution < -0.4 is 10.0 Å². The molecular weight excluding hydrogens is 389 g/mol. The van der Waals surface area contributed by atoms with Gasteiger partial charge in [0.2, 0.25) is 10.0 Å². The minimum atomic E-state index is -3.41. The second-order valence-electron chi connectivity index (χ2n) is 5.16. The van der Waals surface area contributed by atoms with Crippen LogP contribution in [0.3, 0.4) is 0 Å². The number of rotatable bonds is 4. The monoisotopic (exact) mass is 399 g/mol. The molecule has 3 aromatic rings. The Morgan fingerprint density at radius 2 is 2.00 bits per heavy atom. The number of anilines is 2. The minimum Gasteiger partial charge on any atom is -0.322 e. The molecule has 6 nitrogen and oxygen atoms in total. The van der Waals surface area contributed by atoms with E-state index in [0.717, 1.165) is 23.7 Å². The number of hydrogen-bond donors (Lipinski definition) is 2. The van der Waals surface area contributed by atoms with E-state index in [1.165, 1.54) is 12.1 Å². The molecule has 0 radical (unpaired) electrons. The molecule has 0 aliphatic heterocycles. The van der Waals surface area contributed by atoms with E-state index >= 15 is 0 Å². The first-order valence-electron chi connectivity index (χ1n) is 6.86. The summed E-state index contributed by atoms with van der Waals surface area (Å²) in [6, 6.07) is 8.65. The van der Waals surface area contributed by atoms with E-state index in [1.807, 2.05) is 0 Å². The van der Waals surface area contributed by atoms with Crippen molar-refractivity contribution in [2.45, 2.75) is 0 Å².